The number of amidine groups is 1. The molecule has 10 nitrogen and oxygen atoms in total. The van der Waals surface area contributed by atoms with Crippen molar-refractivity contribution in [3.05, 3.63) is 47.5 Å². The SMILES string of the molecule is NC1=NS(=O)(=O)Nc2cccc(OCC3CCCN(C(=O)c4ccc5c(c4)OCCO5)C3)c21. The molecule has 3 aliphatic rings. The molecule has 1 atom stereocenters. The number of amides is 1. The van der Waals surface area contributed by atoms with Crippen LogP contribution in [-0.4, -0.2) is 58.0 Å². The van der Waals surface area contributed by atoms with E-state index in [1.165, 1.54) is 0 Å². The Morgan fingerprint density at radius 3 is 2.88 bits per heavy atom. The Kier molecular flexibility index (Phi) is 5.49. The number of rotatable bonds is 4. The third kappa shape index (κ3) is 4.40. The summed E-state index contributed by atoms with van der Waals surface area (Å²) in [6.07, 6.45) is 1.77. The van der Waals surface area contributed by atoms with Gasteiger partial charge in [0.1, 0.15) is 19.0 Å². The number of piperidine rings is 1. The van der Waals surface area contributed by atoms with Crippen LogP contribution in [0.4, 0.5) is 5.69 Å². The monoisotopic (exact) mass is 472 g/mol. The molecule has 174 valence electrons. The van der Waals surface area contributed by atoms with E-state index in [1.807, 2.05) is 4.90 Å². The zero-order valence-electron chi connectivity index (χ0n) is 17.8. The van der Waals surface area contributed by atoms with Crippen molar-refractivity contribution in [2.75, 3.05) is 37.6 Å². The van der Waals surface area contributed by atoms with E-state index in [4.69, 9.17) is 19.9 Å². The number of ether oxygens (including phenoxy) is 3. The van der Waals surface area contributed by atoms with E-state index in [2.05, 4.69) is 9.12 Å². The quantitative estimate of drug-likeness (QED) is 0.693. The van der Waals surface area contributed by atoms with Crippen molar-refractivity contribution < 1.29 is 27.4 Å². The number of likely N-dealkylation sites (tertiary alicyclic amines) is 1. The molecule has 0 aromatic heterocycles. The second kappa shape index (κ2) is 8.47. The van der Waals surface area contributed by atoms with Crippen LogP contribution in [-0.2, 0) is 10.2 Å². The predicted molar refractivity (Wildman–Crippen MR) is 121 cm³/mol. The number of nitrogens with one attached hydrogen (secondary N) is 1. The highest BCUT2D eigenvalue weighted by molar-refractivity contribution is 7.91. The van der Waals surface area contributed by atoms with Gasteiger partial charge in [-0.2, -0.15) is 8.42 Å². The first-order valence-corrected chi connectivity index (χ1v) is 12.2. The van der Waals surface area contributed by atoms with E-state index in [0.717, 1.165) is 12.8 Å². The van der Waals surface area contributed by atoms with Crippen molar-refractivity contribution in [1.82, 2.24) is 4.90 Å². The zero-order chi connectivity index (χ0) is 23.0. The molecule has 1 amide bonds. The van der Waals surface area contributed by atoms with Gasteiger partial charge in [0.05, 0.1) is 17.9 Å². The minimum absolute atomic E-state index is 0.0560. The highest BCUT2D eigenvalue weighted by atomic mass is 32.2. The van der Waals surface area contributed by atoms with Crippen molar-refractivity contribution in [3.63, 3.8) is 0 Å². The van der Waals surface area contributed by atoms with Crippen molar-refractivity contribution in [1.29, 1.82) is 0 Å². The van der Waals surface area contributed by atoms with Crippen LogP contribution in [0.1, 0.15) is 28.8 Å². The van der Waals surface area contributed by atoms with Crippen molar-refractivity contribution in [2.45, 2.75) is 12.8 Å². The second-order valence-electron chi connectivity index (χ2n) is 8.16. The van der Waals surface area contributed by atoms with Crippen LogP contribution in [0.25, 0.3) is 0 Å². The lowest BCUT2D eigenvalue weighted by atomic mass is 9.98. The van der Waals surface area contributed by atoms with E-state index in [9.17, 15) is 13.2 Å². The van der Waals surface area contributed by atoms with Crippen LogP contribution in [0.2, 0.25) is 0 Å². The van der Waals surface area contributed by atoms with Crippen LogP contribution in [0.5, 0.6) is 17.2 Å². The average Bonchev–Trinajstić information content (AvgIpc) is 2.81. The minimum Gasteiger partial charge on any atom is -0.492 e. The van der Waals surface area contributed by atoms with Crippen LogP contribution in [0, 0.1) is 5.92 Å². The minimum atomic E-state index is -3.85. The smallest absolute Gasteiger partial charge is 0.344 e. The lowest BCUT2D eigenvalue weighted by Crippen LogP contribution is -2.41. The standard InChI is InChI=1S/C22H24N4O6S/c23-21-20-16(24-33(28,29)25-21)4-1-5-18(20)32-13-14-3-2-8-26(12-14)22(27)15-6-7-17-19(11-15)31-10-9-30-17/h1,4-7,11,14,24H,2-3,8-10,12-13H2,(H2,23,25). The molecule has 3 heterocycles. The van der Waals surface area contributed by atoms with E-state index >= 15 is 0 Å². The average molecular weight is 473 g/mol. The van der Waals surface area contributed by atoms with Gasteiger partial charge in [-0.05, 0) is 43.2 Å². The fraction of sp³-hybridized carbons (Fsp3) is 0.364. The second-order valence-corrected chi connectivity index (χ2v) is 9.50. The highest BCUT2D eigenvalue weighted by Gasteiger charge is 2.28. The first-order chi connectivity index (χ1) is 15.9. The number of benzene rings is 2. The Bertz CT molecular complexity index is 1230. The van der Waals surface area contributed by atoms with E-state index in [0.29, 0.717) is 67.0 Å². The lowest BCUT2D eigenvalue weighted by molar-refractivity contribution is 0.0632. The molecule has 5 rings (SSSR count). The summed E-state index contributed by atoms with van der Waals surface area (Å²) in [7, 11) is -3.85. The topological polar surface area (TPSA) is 133 Å². The maximum atomic E-state index is 13.1. The molecule has 2 aromatic carbocycles. The summed E-state index contributed by atoms with van der Waals surface area (Å²) in [5.74, 6) is 1.64. The summed E-state index contributed by atoms with van der Waals surface area (Å²) < 4.78 is 46.6. The van der Waals surface area contributed by atoms with Gasteiger partial charge >= 0.3 is 10.2 Å². The van der Waals surface area contributed by atoms with Gasteiger partial charge in [-0.25, -0.2) is 0 Å². The van der Waals surface area contributed by atoms with Gasteiger partial charge in [-0.15, -0.1) is 4.40 Å². The first kappa shape index (κ1) is 21.4. The van der Waals surface area contributed by atoms with Crippen LogP contribution >= 0.6 is 0 Å². The Morgan fingerprint density at radius 1 is 1.21 bits per heavy atom. The summed E-state index contributed by atoms with van der Waals surface area (Å²) in [4.78, 5) is 14.9. The Labute approximate surface area is 191 Å². The number of carbonyl (C=O) groups excluding carboxylic acids is 1. The molecule has 0 bridgehead atoms. The highest BCUT2D eigenvalue weighted by Crippen LogP contribution is 2.33. The molecule has 0 aliphatic carbocycles. The summed E-state index contributed by atoms with van der Waals surface area (Å²) in [6.45, 7) is 2.56. The molecular formula is C22H24N4O6S. The van der Waals surface area contributed by atoms with Crippen LogP contribution in [0.3, 0.4) is 0 Å². The summed E-state index contributed by atoms with van der Waals surface area (Å²) in [6, 6.07) is 10.3. The molecule has 0 radical (unpaired) electrons. The lowest BCUT2D eigenvalue weighted by Gasteiger charge is -2.33. The fourth-order valence-electron chi connectivity index (χ4n) is 4.29. The summed E-state index contributed by atoms with van der Waals surface area (Å²) in [5.41, 5.74) is 7.20. The van der Waals surface area contributed by atoms with Crippen molar-refractivity contribution >= 4 is 27.6 Å². The number of fused-ring (bicyclic) bond motifs is 2. The molecular weight excluding hydrogens is 448 g/mol. The third-order valence-electron chi connectivity index (χ3n) is 5.81. The van der Waals surface area contributed by atoms with E-state index < -0.39 is 10.2 Å². The van der Waals surface area contributed by atoms with Crippen LogP contribution in [0.15, 0.2) is 40.8 Å². The zero-order valence-corrected chi connectivity index (χ0v) is 18.6. The molecule has 1 saturated heterocycles. The normalized spacial score (nSPS) is 20.8. The Morgan fingerprint density at radius 2 is 2.03 bits per heavy atom. The van der Waals surface area contributed by atoms with E-state index in [-0.39, 0.29) is 17.7 Å². The number of nitrogens with two attached hydrogens (primary N) is 1. The van der Waals surface area contributed by atoms with Gasteiger partial charge in [0.2, 0.25) is 0 Å². The molecule has 1 fully saturated rings. The largest absolute Gasteiger partial charge is 0.492 e. The van der Waals surface area contributed by atoms with Crippen molar-refractivity contribution in [2.24, 2.45) is 16.0 Å². The number of hydrogen-bond acceptors (Lipinski definition) is 7. The fourth-order valence-corrected chi connectivity index (χ4v) is 5.13. The van der Waals surface area contributed by atoms with Gasteiger partial charge in [-0.3, -0.25) is 9.52 Å². The molecule has 11 heteroatoms. The number of carbonyl (C=O) groups is 1. The molecule has 33 heavy (non-hydrogen) atoms. The molecule has 1 unspecified atom stereocenters. The van der Waals surface area contributed by atoms with Gasteiger partial charge in [0, 0.05) is 24.6 Å². The van der Waals surface area contributed by atoms with Gasteiger partial charge in [0.25, 0.3) is 5.91 Å². The Balaban J connectivity index is 1.26. The van der Waals surface area contributed by atoms with Gasteiger partial charge < -0.3 is 24.8 Å². The molecule has 0 spiro atoms. The van der Waals surface area contributed by atoms with Crippen LogP contribution < -0.4 is 24.7 Å². The summed E-state index contributed by atoms with van der Waals surface area (Å²) in [5, 5.41) is 0. The number of hydrogen-bond donors (Lipinski definition) is 2. The molecule has 3 aliphatic heterocycles. The Hall–Kier alpha value is -3.47. The molecule has 3 N–H and O–H groups in total. The first-order valence-electron chi connectivity index (χ1n) is 10.7. The van der Waals surface area contributed by atoms with Gasteiger partial charge in [-0.1, -0.05) is 6.07 Å². The van der Waals surface area contributed by atoms with Crippen molar-refractivity contribution in [3.8, 4) is 17.2 Å². The third-order valence-corrected chi connectivity index (χ3v) is 6.72. The maximum absolute atomic E-state index is 13.1. The molecule has 2 aromatic rings. The maximum Gasteiger partial charge on any atom is 0.344 e. The summed E-state index contributed by atoms with van der Waals surface area (Å²) >= 11 is 0. The van der Waals surface area contributed by atoms with E-state index in [1.54, 1.807) is 36.4 Å². The predicted octanol–water partition coefficient (Wildman–Crippen LogP) is 1.76. The molecule has 0 saturated carbocycles. The number of nitrogens with zero attached hydrogens (tertiary/aromatic N) is 2. The van der Waals surface area contributed by atoms with Gasteiger partial charge in [0.15, 0.2) is 17.3 Å². The number of anilines is 1.